The van der Waals surface area contributed by atoms with E-state index >= 15 is 0 Å². The van der Waals surface area contributed by atoms with Crippen molar-refractivity contribution in [1.82, 2.24) is 0 Å². The standard InChI is InChI=1S/C15H26O5/c1-3-5-6-7-15(16)20-14-13-19-12-11-18-10-9-17-8-4-2/h2H,3,5-14H2,1H3. The van der Waals surface area contributed by atoms with E-state index in [1.165, 1.54) is 0 Å². The zero-order valence-corrected chi connectivity index (χ0v) is 12.4. The Labute approximate surface area is 121 Å². The van der Waals surface area contributed by atoms with Crippen molar-refractivity contribution in [2.24, 2.45) is 0 Å². The van der Waals surface area contributed by atoms with E-state index in [1.807, 2.05) is 0 Å². The monoisotopic (exact) mass is 286 g/mol. The van der Waals surface area contributed by atoms with Crippen LogP contribution < -0.4 is 0 Å². The Hall–Kier alpha value is -1.09. The first-order chi connectivity index (χ1) is 9.81. The summed E-state index contributed by atoms with van der Waals surface area (Å²) in [5.74, 6) is 2.22. The summed E-state index contributed by atoms with van der Waals surface area (Å²) in [4.78, 5) is 11.2. The van der Waals surface area contributed by atoms with Crippen LogP contribution in [-0.4, -0.2) is 52.2 Å². The third-order valence-electron chi connectivity index (χ3n) is 2.40. The minimum atomic E-state index is -0.149. The van der Waals surface area contributed by atoms with E-state index < -0.39 is 0 Å². The van der Waals surface area contributed by atoms with Gasteiger partial charge in [-0.15, -0.1) is 6.42 Å². The van der Waals surface area contributed by atoms with E-state index in [2.05, 4.69) is 12.8 Å². The van der Waals surface area contributed by atoms with E-state index in [4.69, 9.17) is 25.4 Å². The van der Waals surface area contributed by atoms with E-state index in [1.54, 1.807) is 0 Å². The molecule has 116 valence electrons. The first kappa shape index (κ1) is 18.9. The molecule has 0 fully saturated rings. The van der Waals surface area contributed by atoms with Gasteiger partial charge in [0.05, 0.1) is 33.0 Å². The van der Waals surface area contributed by atoms with Crippen molar-refractivity contribution >= 4 is 5.97 Å². The molecule has 0 aromatic rings. The highest BCUT2D eigenvalue weighted by Gasteiger charge is 2.01. The van der Waals surface area contributed by atoms with Crippen molar-refractivity contribution in [1.29, 1.82) is 0 Å². The highest BCUT2D eigenvalue weighted by Crippen LogP contribution is 2.00. The first-order valence-electron chi connectivity index (χ1n) is 7.13. The van der Waals surface area contributed by atoms with Gasteiger partial charge in [0.15, 0.2) is 0 Å². The van der Waals surface area contributed by atoms with E-state index in [0.717, 1.165) is 19.3 Å². The Balaban J connectivity index is 3.09. The number of carbonyl (C=O) groups is 1. The van der Waals surface area contributed by atoms with Gasteiger partial charge >= 0.3 is 5.97 Å². The lowest BCUT2D eigenvalue weighted by Crippen LogP contribution is -2.13. The van der Waals surface area contributed by atoms with Crippen molar-refractivity contribution < 1.29 is 23.7 Å². The maximum Gasteiger partial charge on any atom is 0.305 e. The summed E-state index contributed by atoms with van der Waals surface area (Å²) in [6.45, 7) is 5.06. The molecule has 0 heterocycles. The summed E-state index contributed by atoms with van der Waals surface area (Å²) in [6.07, 6.45) is 8.58. The minimum absolute atomic E-state index is 0.149. The van der Waals surface area contributed by atoms with Crippen molar-refractivity contribution in [3.63, 3.8) is 0 Å². The number of carbonyl (C=O) groups excluding carboxylic acids is 1. The second-order valence-electron chi connectivity index (χ2n) is 4.16. The first-order valence-corrected chi connectivity index (χ1v) is 7.13. The summed E-state index contributed by atoms with van der Waals surface area (Å²) < 4.78 is 20.6. The number of esters is 1. The topological polar surface area (TPSA) is 54.0 Å². The Bertz CT molecular complexity index is 259. The van der Waals surface area contributed by atoms with Gasteiger partial charge in [-0.1, -0.05) is 25.7 Å². The number of rotatable bonds is 14. The number of terminal acetylenes is 1. The third kappa shape index (κ3) is 15.0. The van der Waals surface area contributed by atoms with Crippen LogP contribution in [0.4, 0.5) is 0 Å². The molecular weight excluding hydrogens is 260 g/mol. The molecule has 0 bridgehead atoms. The molecule has 0 rings (SSSR count). The van der Waals surface area contributed by atoms with Gasteiger partial charge in [0.25, 0.3) is 0 Å². The predicted molar refractivity (Wildman–Crippen MR) is 76.4 cm³/mol. The van der Waals surface area contributed by atoms with Gasteiger partial charge in [0, 0.05) is 6.42 Å². The molecule has 0 atom stereocenters. The van der Waals surface area contributed by atoms with Gasteiger partial charge in [-0.05, 0) is 6.42 Å². The van der Waals surface area contributed by atoms with Crippen LogP contribution >= 0.6 is 0 Å². The lowest BCUT2D eigenvalue weighted by molar-refractivity contribution is -0.145. The van der Waals surface area contributed by atoms with Crippen LogP contribution in [0.5, 0.6) is 0 Å². The SMILES string of the molecule is C#CCOCCOCCOCCOC(=O)CCCCC. The quantitative estimate of drug-likeness (QED) is 0.277. The van der Waals surface area contributed by atoms with Crippen molar-refractivity contribution in [2.75, 3.05) is 46.2 Å². The zero-order chi connectivity index (χ0) is 14.9. The Kier molecular flexibility index (Phi) is 15.1. The highest BCUT2D eigenvalue weighted by molar-refractivity contribution is 5.69. The largest absolute Gasteiger partial charge is 0.463 e. The van der Waals surface area contributed by atoms with Crippen LogP contribution in [0.1, 0.15) is 32.6 Å². The molecule has 0 spiro atoms. The summed E-state index contributed by atoms with van der Waals surface area (Å²) >= 11 is 0. The van der Waals surface area contributed by atoms with E-state index in [9.17, 15) is 4.79 Å². The van der Waals surface area contributed by atoms with E-state index in [0.29, 0.717) is 52.7 Å². The van der Waals surface area contributed by atoms with Gasteiger partial charge < -0.3 is 18.9 Å². The second-order valence-corrected chi connectivity index (χ2v) is 4.16. The van der Waals surface area contributed by atoms with Crippen LogP contribution in [0.25, 0.3) is 0 Å². The van der Waals surface area contributed by atoms with Gasteiger partial charge in [-0.2, -0.15) is 0 Å². The minimum Gasteiger partial charge on any atom is -0.463 e. The predicted octanol–water partition coefficient (Wildman–Crippen LogP) is 1.79. The molecule has 0 saturated carbocycles. The molecule has 0 aromatic carbocycles. The summed E-state index contributed by atoms with van der Waals surface area (Å²) in [6, 6.07) is 0. The molecule has 5 heteroatoms. The fourth-order valence-electron chi connectivity index (χ4n) is 1.38. The fraction of sp³-hybridized carbons (Fsp3) is 0.800. The molecule has 20 heavy (non-hydrogen) atoms. The lowest BCUT2D eigenvalue weighted by atomic mass is 10.2. The number of unbranched alkanes of at least 4 members (excludes halogenated alkanes) is 2. The Morgan fingerprint density at radius 1 is 0.950 bits per heavy atom. The van der Waals surface area contributed by atoms with Crippen molar-refractivity contribution in [3.8, 4) is 12.3 Å². The average Bonchev–Trinajstić information content (AvgIpc) is 2.45. The van der Waals surface area contributed by atoms with Crippen LogP contribution in [0.3, 0.4) is 0 Å². The Morgan fingerprint density at radius 3 is 2.15 bits per heavy atom. The van der Waals surface area contributed by atoms with Crippen LogP contribution in [0.15, 0.2) is 0 Å². The summed E-state index contributed by atoms with van der Waals surface area (Å²) in [5.41, 5.74) is 0. The van der Waals surface area contributed by atoms with Gasteiger partial charge in [-0.3, -0.25) is 4.79 Å². The maximum atomic E-state index is 11.2. The molecular formula is C15H26O5. The maximum absolute atomic E-state index is 11.2. The lowest BCUT2D eigenvalue weighted by Gasteiger charge is -2.07. The molecule has 0 aliphatic carbocycles. The number of hydrogen-bond acceptors (Lipinski definition) is 5. The van der Waals surface area contributed by atoms with Crippen LogP contribution in [0, 0.1) is 12.3 Å². The second kappa shape index (κ2) is 16.0. The van der Waals surface area contributed by atoms with Gasteiger partial charge in [-0.25, -0.2) is 0 Å². The van der Waals surface area contributed by atoms with Gasteiger partial charge in [0.1, 0.15) is 13.2 Å². The van der Waals surface area contributed by atoms with Gasteiger partial charge in [0.2, 0.25) is 0 Å². The van der Waals surface area contributed by atoms with E-state index in [-0.39, 0.29) is 5.97 Å². The van der Waals surface area contributed by atoms with Crippen molar-refractivity contribution in [3.05, 3.63) is 0 Å². The molecule has 0 saturated heterocycles. The summed E-state index contributed by atoms with van der Waals surface area (Å²) in [5, 5.41) is 0. The fourth-order valence-corrected chi connectivity index (χ4v) is 1.38. The normalized spacial score (nSPS) is 10.2. The molecule has 0 aliphatic heterocycles. The number of hydrogen-bond donors (Lipinski definition) is 0. The van der Waals surface area contributed by atoms with Crippen LogP contribution in [0.2, 0.25) is 0 Å². The average molecular weight is 286 g/mol. The highest BCUT2D eigenvalue weighted by atomic mass is 16.6. The smallest absolute Gasteiger partial charge is 0.305 e. The summed E-state index contributed by atoms with van der Waals surface area (Å²) in [7, 11) is 0. The van der Waals surface area contributed by atoms with Crippen molar-refractivity contribution in [2.45, 2.75) is 32.6 Å². The molecule has 0 amide bonds. The molecule has 0 aromatic heterocycles. The zero-order valence-electron chi connectivity index (χ0n) is 12.4. The van der Waals surface area contributed by atoms with Crippen LogP contribution in [-0.2, 0) is 23.7 Å². The Morgan fingerprint density at radius 2 is 1.55 bits per heavy atom. The molecule has 0 radical (unpaired) electrons. The molecule has 0 N–H and O–H groups in total. The number of ether oxygens (including phenoxy) is 4. The molecule has 0 aliphatic rings. The third-order valence-corrected chi connectivity index (χ3v) is 2.40. The molecule has 5 nitrogen and oxygen atoms in total. The molecule has 0 unspecified atom stereocenters.